The van der Waals surface area contributed by atoms with Gasteiger partial charge >= 0.3 is 0 Å². The van der Waals surface area contributed by atoms with Crippen LogP contribution in [-0.4, -0.2) is 50.5 Å². The number of hydrogen-bond acceptors (Lipinski definition) is 7. The fraction of sp³-hybridized carbons (Fsp3) is 0.273. The van der Waals surface area contributed by atoms with E-state index in [1.165, 1.54) is 23.5 Å². The normalized spacial score (nSPS) is 17.7. The molecule has 0 amide bonds. The Kier molecular flexibility index (Phi) is 5.28. The van der Waals surface area contributed by atoms with E-state index < -0.39 is 5.82 Å². The van der Waals surface area contributed by atoms with Crippen LogP contribution in [-0.2, 0) is 7.05 Å². The van der Waals surface area contributed by atoms with Gasteiger partial charge in [0.25, 0.3) is 5.88 Å². The van der Waals surface area contributed by atoms with Gasteiger partial charge in [0, 0.05) is 30.8 Å². The molecular weight excluding hydrogens is 413 g/mol. The summed E-state index contributed by atoms with van der Waals surface area (Å²) in [4.78, 5) is 14.2. The highest BCUT2D eigenvalue weighted by atomic mass is 19.1. The van der Waals surface area contributed by atoms with E-state index >= 15 is 0 Å². The zero-order chi connectivity index (χ0) is 22.1. The van der Waals surface area contributed by atoms with Crippen LogP contribution in [0.3, 0.4) is 0 Å². The Morgan fingerprint density at radius 1 is 1.16 bits per heavy atom. The van der Waals surface area contributed by atoms with Gasteiger partial charge in [-0.25, -0.2) is 19.3 Å². The summed E-state index contributed by atoms with van der Waals surface area (Å²) in [7, 11) is 1.83. The molecule has 10 heteroatoms. The van der Waals surface area contributed by atoms with Gasteiger partial charge in [0.05, 0.1) is 18.3 Å². The highest BCUT2D eigenvalue weighted by Crippen LogP contribution is 2.30. The fourth-order valence-corrected chi connectivity index (χ4v) is 3.61. The maximum Gasteiger partial charge on any atom is 0.256 e. The summed E-state index contributed by atoms with van der Waals surface area (Å²) in [6, 6.07) is 8.38. The van der Waals surface area contributed by atoms with E-state index in [4.69, 9.17) is 9.47 Å². The molecule has 164 valence electrons. The third-order valence-electron chi connectivity index (χ3n) is 5.40. The van der Waals surface area contributed by atoms with E-state index in [1.54, 1.807) is 22.9 Å². The average Bonchev–Trinajstić information content (AvgIpc) is 3.17. The molecule has 5 rings (SSSR count). The van der Waals surface area contributed by atoms with Crippen molar-refractivity contribution >= 4 is 22.5 Å². The van der Waals surface area contributed by atoms with Crippen molar-refractivity contribution in [3.63, 3.8) is 0 Å². The molecule has 0 atom stereocenters. The Labute approximate surface area is 183 Å². The highest BCUT2D eigenvalue weighted by Gasteiger charge is 2.32. The molecule has 1 aliphatic heterocycles. The Morgan fingerprint density at radius 2 is 2.03 bits per heavy atom. The van der Waals surface area contributed by atoms with E-state index in [0.29, 0.717) is 34.0 Å². The summed E-state index contributed by atoms with van der Waals surface area (Å²) in [5.74, 6) is 1.33. The number of aromatic nitrogens is 5. The molecule has 1 aliphatic rings. The monoisotopic (exact) mass is 436 g/mol. The first kappa shape index (κ1) is 20.1. The minimum atomic E-state index is -0.585. The van der Waals surface area contributed by atoms with Gasteiger partial charge in [-0.3, -0.25) is 4.68 Å². The van der Waals surface area contributed by atoms with Crippen LogP contribution in [0, 0.1) is 5.82 Å². The number of fused-ring (bicyclic) bond motifs is 1. The molecule has 4 heterocycles. The number of aryl methyl sites for hydroxylation is 1. The largest absolute Gasteiger partial charge is 0.477 e. The van der Waals surface area contributed by atoms with Crippen LogP contribution < -0.4 is 19.7 Å². The molecule has 0 spiro atoms. The maximum absolute atomic E-state index is 14.6. The number of ether oxygens (including phenoxy) is 2. The smallest absolute Gasteiger partial charge is 0.256 e. The molecule has 2 N–H and O–H groups in total. The van der Waals surface area contributed by atoms with Gasteiger partial charge in [0.15, 0.2) is 17.7 Å². The number of halogens is 1. The number of rotatable bonds is 7. The first-order chi connectivity index (χ1) is 15.6. The molecule has 0 unspecified atom stereocenters. The molecule has 1 aromatic carbocycles. The topological polar surface area (TPSA) is 91.4 Å². The molecule has 3 aromatic heterocycles. The van der Waals surface area contributed by atoms with Crippen LogP contribution in [0.4, 0.5) is 16.0 Å². The number of nitrogens with one attached hydrogen (secondary N) is 2. The zero-order valence-electron chi connectivity index (χ0n) is 17.7. The molecule has 0 aliphatic carbocycles. The minimum Gasteiger partial charge on any atom is -0.477 e. The van der Waals surface area contributed by atoms with Gasteiger partial charge in [-0.15, -0.1) is 0 Å². The standard InChI is InChI=1S/C22H22FN7O2/c1-3-30-11-16(12-30)31-15-9-18(23)22(24-10-15)32-14-4-5-19-17(8-14)21(26-13-25-19)27-20-6-7-29(2)28-20/h4-10,13,16H,3,11-12H2,1-2H3,(H,25,26,27,28)/p+1. The van der Waals surface area contributed by atoms with E-state index in [9.17, 15) is 4.39 Å². The van der Waals surface area contributed by atoms with Gasteiger partial charge < -0.3 is 19.7 Å². The Morgan fingerprint density at radius 3 is 2.78 bits per heavy atom. The van der Waals surface area contributed by atoms with Gasteiger partial charge in [-0.2, -0.15) is 5.10 Å². The van der Waals surface area contributed by atoms with Crippen LogP contribution in [0.15, 0.2) is 49.1 Å². The van der Waals surface area contributed by atoms with Crippen molar-refractivity contribution in [2.24, 2.45) is 7.05 Å². The lowest BCUT2D eigenvalue weighted by atomic mass is 10.2. The van der Waals surface area contributed by atoms with Crippen LogP contribution in [0.2, 0.25) is 0 Å². The fourth-order valence-electron chi connectivity index (χ4n) is 3.61. The lowest BCUT2D eigenvalue weighted by Gasteiger charge is -2.34. The van der Waals surface area contributed by atoms with Crippen molar-refractivity contribution in [3.05, 3.63) is 54.9 Å². The van der Waals surface area contributed by atoms with Crippen LogP contribution in [0.1, 0.15) is 6.92 Å². The van der Waals surface area contributed by atoms with E-state index in [0.717, 1.165) is 19.6 Å². The van der Waals surface area contributed by atoms with Crippen molar-refractivity contribution in [1.82, 2.24) is 24.7 Å². The molecule has 0 saturated carbocycles. The second-order valence-electron chi connectivity index (χ2n) is 7.71. The first-order valence-corrected chi connectivity index (χ1v) is 10.4. The lowest BCUT2D eigenvalue weighted by molar-refractivity contribution is -0.945. The minimum absolute atomic E-state index is 0.100. The maximum atomic E-state index is 14.6. The number of anilines is 2. The summed E-state index contributed by atoms with van der Waals surface area (Å²) < 4.78 is 27.8. The van der Waals surface area contributed by atoms with Crippen molar-refractivity contribution in [2.45, 2.75) is 13.0 Å². The van der Waals surface area contributed by atoms with Crippen molar-refractivity contribution in [1.29, 1.82) is 0 Å². The van der Waals surface area contributed by atoms with E-state index in [1.807, 2.05) is 19.3 Å². The van der Waals surface area contributed by atoms with Gasteiger partial charge in [-0.05, 0) is 25.1 Å². The lowest BCUT2D eigenvalue weighted by Crippen LogP contribution is -3.21. The van der Waals surface area contributed by atoms with Crippen LogP contribution in [0.5, 0.6) is 17.4 Å². The highest BCUT2D eigenvalue weighted by molar-refractivity contribution is 5.91. The summed E-state index contributed by atoms with van der Waals surface area (Å²) >= 11 is 0. The van der Waals surface area contributed by atoms with Gasteiger partial charge in [0.2, 0.25) is 0 Å². The summed E-state index contributed by atoms with van der Waals surface area (Å²) in [6.45, 7) is 5.04. The molecular formula is C22H23FN7O2+. The Bertz CT molecular complexity index is 1260. The summed E-state index contributed by atoms with van der Waals surface area (Å²) in [5.41, 5.74) is 0.715. The number of hydrogen-bond donors (Lipinski definition) is 2. The average molecular weight is 436 g/mol. The number of benzene rings is 1. The van der Waals surface area contributed by atoms with Crippen LogP contribution in [0.25, 0.3) is 10.9 Å². The first-order valence-electron chi connectivity index (χ1n) is 10.4. The third-order valence-corrected chi connectivity index (χ3v) is 5.40. The van der Waals surface area contributed by atoms with Crippen molar-refractivity contribution in [2.75, 3.05) is 25.0 Å². The SMILES string of the molecule is CC[NH+]1CC(Oc2cnc(Oc3ccc4ncnc(Nc5ccn(C)n5)c4c3)c(F)c2)C1. The Hall–Kier alpha value is -3.79. The van der Waals surface area contributed by atoms with E-state index in [2.05, 4.69) is 32.3 Å². The molecule has 4 aromatic rings. The molecule has 9 nitrogen and oxygen atoms in total. The zero-order valence-corrected chi connectivity index (χ0v) is 17.7. The predicted octanol–water partition coefficient (Wildman–Crippen LogP) is 2.10. The van der Waals surface area contributed by atoms with Gasteiger partial charge in [0.1, 0.15) is 36.7 Å². The number of pyridine rings is 1. The summed E-state index contributed by atoms with van der Waals surface area (Å²) in [5, 5.41) is 8.18. The summed E-state index contributed by atoms with van der Waals surface area (Å²) in [6.07, 6.45) is 4.88. The quantitative estimate of drug-likeness (QED) is 0.458. The molecule has 0 radical (unpaired) electrons. The molecule has 0 bridgehead atoms. The van der Waals surface area contributed by atoms with E-state index in [-0.39, 0.29) is 12.0 Å². The number of nitrogens with zero attached hydrogens (tertiary/aromatic N) is 5. The molecule has 32 heavy (non-hydrogen) atoms. The predicted molar refractivity (Wildman–Crippen MR) is 116 cm³/mol. The number of likely N-dealkylation sites (N-methyl/N-ethyl adjacent to an activating group) is 1. The number of likely N-dealkylation sites (tertiary alicyclic amines) is 1. The van der Waals surface area contributed by atoms with Crippen molar-refractivity contribution in [3.8, 4) is 17.4 Å². The van der Waals surface area contributed by atoms with Gasteiger partial charge in [-0.1, -0.05) is 0 Å². The second kappa shape index (κ2) is 8.39. The number of quaternary nitrogens is 1. The molecule has 1 saturated heterocycles. The third kappa shape index (κ3) is 4.17. The second-order valence-corrected chi connectivity index (χ2v) is 7.71. The van der Waals surface area contributed by atoms with Crippen molar-refractivity contribution < 1.29 is 18.8 Å². The molecule has 1 fully saturated rings. The Balaban J connectivity index is 1.34. The van der Waals surface area contributed by atoms with Crippen LogP contribution >= 0.6 is 0 Å².